The van der Waals surface area contributed by atoms with Crippen LogP contribution in [0.1, 0.15) is 10.4 Å². The van der Waals surface area contributed by atoms with Gasteiger partial charge in [0.25, 0.3) is 0 Å². The van der Waals surface area contributed by atoms with Crippen molar-refractivity contribution in [3.8, 4) is 0 Å². The fourth-order valence-electron chi connectivity index (χ4n) is 3.54. The van der Waals surface area contributed by atoms with Gasteiger partial charge >= 0.3 is 6.18 Å². The molecule has 3 heterocycles. The molecule has 164 valence electrons. The van der Waals surface area contributed by atoms with Crippen LogP contribution < -0.4 is 10.2 Å². The molecule has 0 atom stereocenters. The summed E-state index contributed by atoms with van der Waals surface area (Å²) in [5.74, 6) is 0.501. The predicted octanol–water partition coefficient (Wildman–Crippen LogP) is 3.77. The molecule has 0 spiro atoms. The molecule has 1 saturated heterocycles. The number of benzene rings is 1. The average Bonchev–Trinajstić information content (AvgIpc) is 3.41. The number of hydrogen-bond acceptors (Lipinski definition) is 5. The molecule has 1 aromatic carbocycles. The van der Waals surface area contributed by atoms with Gasteiger partial charge in [-0.15, -0.1) is 11.3 Å². The molecule has 4 rings (SSSR count). The Kier molecular flexibility index (Phi) is 6.28. The summed E-state index contributed by atoms with van der Waals surface area (Å²) in [6, 6.07) is 11.1. The Hall–Kier alpha value is -2.85. The highest BCUT2D eigenvalue weighted by Gasteiger charge is 2.31. The lowest BCUT2D eigenvalue weighted by Crippen LogP contribution is -2.48. The normalized spacial score (nSPS) is 15.3. The summed E-state index contributed by atoms with van der Waals surface area (Å²) >= 11 is 1.63. The molecular formula is C21H22F3N5OS. The molecule has 1 amide bonds. The third-order valence-electron chi connectivity index (χ3n) is 5.15. The maximum Gasteiger partial charge on any atom is 0.416 e. The van der Waals surface area contributed by atoms with Crippen molar-refractivity contribution < 1.29 is 18.0 Å². The highest BCUT2D eigenvalue weighted by atomic mass is 32.1. The number of rotatable bonds is 6. The number of thiophene rings is 1. The van der Waals surface area contributed by atoms with Gasteiger partial charge in [-0.05, 0) is 29.6 Å². The number of alkyl halides is 3. The lowest BCUT2D eigenvalue weighted by Gasteiger charge is -2.36. The van der Waals surface area contributed by atoms with Crippen molar-refractivity contribution in [1.29, 1.82) is 0 Å². The highest BCUT2D eigenvalue weighted by Crippen LogP contribution is 2.31. The van der Waals surface area contributed by atoms with E-state index in [1.54, 1.807) is 34.3 Å². The van der Waals surface area contributed by atoms with E-state index in [0.717, 1.165) is 10.9 Å². The lowest BCUT2D eigenvalue weighted by molar-refractivity contribution is -0.137. The first-order valence-corrected chi connectivity index (χ1v) is 10.7. The number of hydrogen-bond donors (Lipinski definition) is 1. The number of nitrogens with zero attached hydrogens (tertiary/aromatic N) is 4. The second kappa shape index (κ2) is 9.11. The van der Waals surface area contributed by atoms with E-state index in [2.05, 4.69) is 10.4 Å². The zero-order valence-electron chi connectivity index (χ0n) is 16.7. The average molecular weight is 450 g/mol. The summed E-state index contributed by atoms with van der Waals surface area (Å²) in [6.45, 7) is 3.13. The van der Waals surface area contributed by atoms with Crippen LogP contribution in [0.2, 0.25) is 0 Å². The molecule has 3 aromatic rings. The van der Waals surface area contributed by atoms with Gasteiger partial charge in [0, 0.05) is 42.8 Å². The summed E-state index contributed by atoms with van der Waals surface area (Å²) in [7, 11) is 0. The number of carbonyl (C=O) groups is 1. The minimum absolute atomic E-state index is 0.138. The number of aromatic nitrogens is 2. The Morgan fingerprint density at radius 3 is 2.61 bits per heavy atom. The summed E-state index contributed by atoms with van der Waals surface area (Å²) in [6.07, 6.45) is -2.71. The van der Waals surface area contributed by atoms with E-state index in [-0.39, 0.29) is 12.5 Å². The molecule has 0 saturated carbocycles. The van der Waals surface area contributed by atoms with E-state index in [0.29, 0.717) is 44.2 Å². The first kappa shape index (κ1) is 21.4. The topological polar surface area (TPSA) is 53.4 Å². The Balaban J connectivity index is 1.29. The van der Waals surface area contributed by atoms with E-state index in [1.165, 1.54) is 12.1 Å². The number of halogens is 3. The molecule has 1 N–H and O–H groups in total. The van der Waals surface area contributed by atoms with Crippen molar-refractivity contribution >= 4 is 28.7 Å². The molecule has 31 heavy (non-hydrogen) atoms. The quantitative estimate of drug-likeness (QED) is 0.623. The largest absolute Gasteiger partial charge is 0.416 e. The van der Waals surface area contributed by atoms with Crippen LogP contribution >= 0.6 is 11.3 Å². The maximum atomic E-state index is 13.0. The van der Waals surface area contributed by atoms with Crippen LogP contribution in [0, 0.1) is 0 Å². The fourth-order valence-corrected chi connectivity index (χ4v) is 4.23. The Bertz CT molecular complexity index is 1010. The minimum Gasteiger partial charge on any atom is -0.369 e. The predicted molar refractivity (Wildman–Crippen MR) is 114 cm³/mol. The van der Waals surface area contributed by atoms with E-state index in [1.807, 2.05) is 27.3 Å². The summed E-state index contributed by atoms with van der Waals surface area (Å²) in [5.41, 5.74) is -0.0950. The van der Waals surface area contributed by atoms with Crippen molar-refractivity contribution in [1.82, 2.24) is 14.7 Å². The van der Waals surface area contributed by atoms with Crippen molar-refractivity contribution in [2.75, 3.05) is 42.9 Å². The van der Waals surface area contributed by atoms with Crippen molar-refractivity contribution in [2.45, 2.75) is 12.7 Å². The summed E-state index contributed by atoms with van der Waals surface area (Å²) in [4.78, 5) is 17.6. The van der Waals surface area contributed by atoms with E-state index in [9.17, 15) is 18.0 Å². The SMILES string of the molecule is O=C(CN1CCN(c2cccc(C(F)(F)F)c2)CC1)Nc1ccnn1Cc1cccs1. The minimum atomic E-state index is -4.36. The van der Waals surface area contributed by atoms with Crippen LogP contribution in [-0.4, -0.2) is 53.3 Å². The van der Waals surface area contributed by atoms with Crippen molar-refractivity contribution in [3.63, 3.8) is 0 Å². The van der Waals surface area contributed by atoms with Crippen LogP contribution in [0.3, 0.4) is 0 Å². The molecule has 2 aromatic heterocycles. The Morgan fingerprint density at radius 2 is 1.90 bits per heavy atom. The van der Waals surface area contributed by atoms with Gasteiger partial charge in [-0.1, -0.05) is 12.1 Å². The molecule has 0 bridgehead atoms. The van der Waals surface area contributed by atoms with Gasteiger partial charge in [-0.25, -0.2) is 4.68 Å². The maximum absolute atomic E-state index is 13.0. The third kappa shape index (κ3) is 5.45. The Morgan fingerprint density at radius 1 is 1.10 bits per heavy atom. The summed E-state index contributed by atoms with van der Waals surface area (Å²) < 4.78 is 40.6. The van der Waals surface area contributed by atoms with Crippen LogP contribution in [0.25, 0.3) is 0 Å². The Labute approximate surface area is 181 Å². The molecule has 1 fully saturated rings. The zero-order chi connectivity index (χ0) is 21.8. The van der Waals surface area contributed by atoms with Gasteiger partial charge in [0.2, 0.25) is 5.91 Å². The van der Waals surface area contributed by atoms with Crippen LogP contribution in [0.15, 0.2) is 54.0 Å². The molecule has 6 nitrogen and oxygen atoms in total. The molecular weight excluding hydrogens is 427 g/mol. The lowest BCUT2D eigenvalue weighted by atomic mass is 10.1. The van der Waals surface area contributed by atoms with Crippen LogP contribution in [0.5, 0.6) is 0 Å². The van der Waals surface area contributed by atoms with Gasteiger partial charge < -0.3 is 10.2 Å². The number of nitrogens with one attached hydrogen (secondary N) is 1. The standard InChI is InChI=1S/C21H22F3N5OS/c22-21(23,24)16-3-1-4-17(13-16)28-10-8-27(9-11-28)15-20(30)26-19-6-7-25-29(19)14-18-5-2-12-31-18/h1-7,12-13H,8-11,14-15H2,(H,26,30). The fraction of sp³-hybridized carbons (Fsp3) is 0.333. The van der Waals surface area contributed by atoms with E-state index >= 15 is 0 Å². The van der Waals surface area contributed by atoms with Gasteiger partial charge in [0.05, 0.1) is 24.8 Å². The second-order valence-corrected chi connectivity index (χ2v) is 8.35. The highest BCUT2D eigenvalue weighted by molar-refractivity contribution is 7.09. The molecule has 1 aliphatic rings. The first-order chi connectivity index (χ1) is 14.9. The molecule has 0 aliphatic carbocycles. The molecule has 0 radical (unpaired) electrons. The monoisotopic (exact) mass is 449 g/mol. The van der Waals surface area contributed by atoms with E-state index < -0.39 is 11.7 Å². The second-order valence-electron chi connectivity index (χ2n) is 7.31. The molecule has 0 unspecified atom stereocenters. The third-order valence-corrected chi connectivity index (χ3v) is 6.01. The van der Waals surface area contributed by atoms with Gasteiger partial charge in [-0.3, -0.25) is 9.69 Å². The first-order valence-electron chi connectivity index (χ1n) is 9.87. The smallest absolute Gasteiger partial charge is 0.369 e. The number of amides is 1. The zero-order valence-corrected chi connectivity index (χ0v) is 17.5. The molecule has 1 aliphatic heterocycles. The number of carbonyl (C=O) groups excluding carboxylic acids is 1. The van der Waals surface area contributed by atoms with Crippen molar-refractivity contribution in [2.24, 2.45) is 0 Å². The van der Waals surface area contributed by atoms with Crippen LogP contribution in [0.4, 0.5) is 24.7 Å². The number of piperazine rings is 1. The van der Waals surface area contributed by atoms with Gasteiger partial charge in [0.15, 0.2) is 0 Å². The van der Waals surface area contributed by atoms with Crippen LogP contribution in [-0.2, 0) is 17.5 Å². The van der Waals surface area contributed by atoms with E-state index in [4.69, 9.17) is 0 Å². The number of anilines is 2. The van der Waals surface area contributed by atoms with Gasteiger partial charge in [0.1, 0.15) is 5.82 Å². The van der Waals surface area contributed by atoms with Gasteiger partial charge in [-0.2, -0.15) is 18.3 Å². The van der Waals surface area contributed by atoms with Crippen molar-refractivity contribution in [3.05, 3.63) is 64.5 Å². The summed E-state index contributed by atoms with van der Waals surface area (Å²) in [5, 5.41) is 9.17. The molecule has 10 heteroatoms.